The van der Waals surface area contributed by atoms with Crippen LogP contribution in [0, 0.1) is 0 Å². The Morgan fingerprint density at radius 3 is 2.68 bits per heavy atom. The lowest BCUT2D eigenvalue weighted by Crippen LogP contribution is -2.63. The molecule has 25 heavy (non-hydrogen) atoms. The average molecular weight is 342 g/mol. The highest BCUT2D eigenvalue weighted by atomic mass is 16.5. The lowest BCUT2D eigenvalue weighted by Gasteiger charge is -2.51. The van der Waals surface area contributed by atoms with Crippen molar-refractivity contribution < 1.29 is 9.53 Å². The van der Waals surface area contributed by atoms with Gasteiger partial charge in [0.15, 0.2) is 0 Å². The second kappa shape index (κ2) is 6.53. The highest BCUT2D eigenvalue weighted by Crippen LogP contribution is 2.31. The Morgan fingerprint density at radius 1 is 1.16 bits per heavy atom. The molecule has 1 spiro atoms. The SMILES string of the molecule is CN1CCN(C(=O)c2cccc(-n3cnnc3)n2)CC12CCOCC2. The van der Waals surface area contributed by atoms with Gasteiger partial charge in [0.05, 0.1) is 0 Å². The molecule has 0 bridgehead atoms. The maximum atomic E-state index is 13.0. The van der Waals surface area contributed by atoms with Crippen molar-refractivity contribution in [2.24, 2.45) is 0 Å². The van der Waals surface area contributed by atoms with E-state index in [4.69, 9.17) is 4.74 Å². The maximum Gasteiger partial charge on any atom is 0.272 e. The number of amides is 1. The van der Waals surface area contributed by atoms with Gasteiger partial charge in [-0.25, -0.2) is 4.98 Å². The van der Waals surface area contributed by atoms with E-state index in [0.29, 0.717) is 11.5 Å². The first-order valence-corrected chi connectivity index (χ1v) is 8.58. The number of aromatic nitrogens is 4. The van der Waals surface area contributed by atoms with Gasteiger partial charge in [-0.3, -0.25) is 14.3 Å². The first-order valence-electron chi connectivity index (χ1n) is 8.58. The van der Waals surface area contributed by atoms with Crippen molar-refractivity contribution in [1.29, 1.82) is 0 Å². The molecule has 0 aromatic carbocycles. The van der Waals surface area contributed by atoms with Gasteiger partial charge in [-0.1, -0.05) is 6.07 Å². The monoisotopic (exact) mass is 342 g/mol. The molecule has 8 heteroatoms. The Hall–Kier alpha value is -2.32. The van der Waals surface area contributed by atoms with E-state index in [1.807, 2.05) is 17.0 Å². The van der Waals surface area contributed by atoms with Crippen molar-refractivity contribution in [2.75, 3.05) is 39.9 Å². The Labute approximate surface area is 146 Å². The van der Waals surface area contributed by atoms with E-state index < -0.39 is 0 Å². The van der Waals surface area contributed by atoms with Crippen molar-refractivity contribution >= 4 is 5.91 Å². The highest BCUT2D eigenvalue weighted by Gasteiger charge is 2.42. The summed E-state index contributed by atoms with van der Waals surface area (Å²) >= 11 is 0. The minimum Gasteiger partial charge on any atom is -0.381 e. The molecule has 0 N–H and O–H groups in total. The number of hydrogen-bond donors (Lipinski definition) is 0. The molecule has 0 atom stereocenters. The molecule has 2 aromatic heterocycles. The number of rotatable bonds is 2. The zero-order valence-corrected chi connectivity index (χ0v) is 14.3. The van der Waals surface area contributed by atoms with Crippen LogP contribution in [-0.4, -0.2) is 80.9 Å². The molecule has 132 valence electrons. The molecule has 0 radical (unpaired) electrons. The van der Waals surface area contributed by atoms with Crippen molar-refractivity contribution in [3.05, 3.63) is 36.5 Å². The van der Waals surface area contributed by atoms with E-state index in [9.17, 15) is 4.79 Å². The Bertz CT molecular complexity index is 741. The summed E-state index contributed by atoms with van der Waals surface area (Å²) in [6, 6.07) is 5.45. The summed E-state index contributed by atoms with van der Waals surface area (Å²) in [7, 11) is 2.15. The molecule has 2 saturated heterocycles. The lowest BCUT2D eigenvalue weighted by molar-refractivity contribution is -0.0544. The fraction of sp³-hybridized carbons (Fsp3) is 0.529. The Morgan fingerprint density at radius 2 is 1.92 bits per heavy atom. The van der Waals surface area contributed by atoms with Crippen LogP contribution in [0.1, 0.15) is 23.3 Å². The third-order valence-corrected chi connectivity index (χ3v) is 5.35. The number of carbonyl (C=O) groups excluding carboxylic acids is 1. The summed E-state index contributed by atoms with van der Waals surface area (Å²) in [5.41, 5.74) is 0.482. The van der Waals surface area contributed by atoms with Crippen LogP contribution in [0.5, 0.6) is 0 Å². The van der Waals surface area contributed by atoms with Gasteiger partial charge in [0.2, 0.25) is 0 Å². The third kappa shape index (κ3) is 3.03. The van der Waals surface area contributed by atoms with Crippen LogP contribution >= 0.6 is 0 Å². The van der Waals surface area contributed by atoms with E-state index in [0.717, 1.165) is 45.7 Å². The standard InChI is InChI=1S/C17H22N6O2/c1-21-7-8-22(11-17(21)5-9-25-10-6-17)16(24)14-3-2-4-15(20-14)23-12-18-19-13-23/h2-4,12-13H,5-11H2,1H3. The molecule has 4 rings (SSSR count). The van der Waals surface area contributed by atoms with Gasteiger partial charge in [0.1, 0.15) is 24.2 Å². The van der Waals surface area contributed by atoms with Crippen LogP contribution in [0.15, 0.2) is 30.9 Å². The van der Waals surface area contributed by atoms with Gasteiger partial charge in [0, 0.05) is 38.4 Å². The molecule has 2 aromatic rings. The molecular formula is C17H22N6O2. The van der Waals surface area contributed by atoms with Crippen molar-refractivity contribution in [2.45, 2.75) is 18.4 Å². The molecule has 2 aliphatic heterocycles. The molecule has 8 nitrogen and oxygen atoms in total. The number of piperazine rings is 1. The quantitative estimate of drug-likeness (QED) is 0.795. The van der Waals surface area contributed by atoms with Gasteiger partial charge in [-0.05, 0) is 32.0 Å². The summed E-state index contributed by atoms with van der Waals surface area (Å²) in [5, 5.41) is 7.58. The van der Waals surface area contributed by atoms with E-state index >= 15 is 0 Å². The van der Waals surface area contributed by atoms with E-state index in [2.05, 4.69) is 27.1 Å². The minimum atomic E-state index is -0.0195. The number of nitrogens with zero attached hydrogens (tertiary/aromatic N) is 6. The number of likely N-dealkylation sites (N-methyl/N-ethyl adjacent to an activating group) is 1. The van der Waals surface area contributed by atoms with Gasteiger partial charge >= 0.3 is 0 Å². The summed E-state index contributed by atoms with van der Waals surface area (Å²) < 4.78 is 7.22. The van der Waals surface area contributed by atoms with E-state index in [1.165, 1.54) is 0 Å². The fourth-order valence-electron chi connectivity index (χ4n) is 3.69. The zero-order valence-electron chi connectivity index (χ0n) is 14.3. The number of pyridine rings is 1. The van der Waals surface area contributed by atoms with E-state index in [-0.39, 0.29) is 11.4 Å². The average Bonchev–Trinajstić information content (AvgIpc) is 3.19. The van der Waals surface area contributed by atoms with Crippen LogP contribution in [0.2, 0.25) is 0 Å². The second-order valence-electron chi connectivity index (χ2n) is 6.74. The van der Waals surface area contributed by atoms with Gasteiger partial charge < -0.3 is 9.64 Å². The smallest absolute Gasteiger partial charge is 0.272 e. The normalized spacial score (nSPS) is 20.8. The maximum absolute atomic E-state index is 13.0. The largest absolute Gasteiger partial charge is 0.381 e. The van der Waals surface area contributed by atoms with Crippen LogP contribution in [0.3, 0.4) is 0 Å². The first kappa shape index (κ1) is 16.2. The molecule has 2 aliphatic rings. The van der Waals surface area contributed by atoms with Crippen LogP contribution in [-0.2, 0) is 4.74 Å². The summed E-state index contributed by atoms with van der Waals surface area (Å²) in [6.45, 7) is 3.83. The van der Waals surface area contributed by atoms with Crippen molar-refractivity contribution in [3.8, 4) is 5.82 Å². The number of hydrogen-bond acceptors (Lipinski definition) is 6. The molecular weight excluding hydrogens is 320 g/mol. The number of ether oxygens (including phenoxy) is 1. The minimum absolute atomic E-state index is 0.0195. The Kier molecular flexibility index (Phi) is 4.22. The van der Waals surface area contributed by atoms with Gasteiger partial charge in [0.25, 0.3) is 5.91 Å². The first-order chi connectivity index (χ1) is 12.2. The lowest BCUT2D eigenvalue weighted by atomic mass is 9.86. The third-order valence-electron chi connectivity index (χ3n) is 5.35. The number of carbonyl (C=O) groups is 1. The fourth-order valence-corrected chi connectivity index (χ4v) is 3.69. The predicted molar refractivity (Wildman–Crippen MR) is 90.5 cm³/mol. The van der Waals surface area contributed by atoms with Crippen molar-refractivity contribution in [3.63, 3.8) is 0 Å². The molecule has 0 unspecified atom stereocenters. The van der Waals surface area contributed by atoms with Crippen molar-refractivity contribution in [1.82, 2.24) is 29.5 Å². The zero-order chi connectivity index (χ0) is 17.3. The highest BCUT2D eigenvalue weighted by molar-refractivity contribution is 5.92. The molecule has 2 fully saturated rings. The molecule has 0 saturated carbocycles. The summed E-state index contributed by atoms with van der Waals surface area (Å²) in [6.07, 6.45) is 5.07. The Balaban J connectivity index is 1.55. The summed E-state index contributed by atoms with van der Waals surface area (Å²) in [4.78, 5) is 21.8. The van der Waals surface area contributed by atoms with Crippen LogP contribution < -0.4 is 0 Å². The van der Waals surface area contributed by atoms with Crippen LogP contribution in [0.4, 0.5) is 0 Å². The second-order valence-corrected chi connectivity index (χ2v) is 6.74. The molecule has 4 heterocycles. The molecule has 1 amide bonds. The van der Waals surface area contributed by atoms with Gasteiger partial charge in [-0.2, -0.15) is 0 Å². The topological polar surface area (TPSA) is 76.4 Å². The molecule has 0 aliphatic carbocycles. The van der Waals surface area contributed by atoms with Gasteiger partial charge in [-0.15, -0.1) is 10.2 Å². The predicted octanol–water partition coefficient (Wildman–Crippen LogP) is 0.599. The van der Waals surface area contributed by atoms with E-state index in [1.54, 1.807) is 23.3 Å². The van der Waals surface area contributed by atoms with Crippen LogP contribution in [0.25, 0.3) is 5.82 Å². The summed E-state index contributed by atoms with van der Waals surface area (Å²) in [5.74, 6) is 0.625.